The molecule has 0 radical (unpaired) electrons. The van der Waals surface area contributed by atoms with Crippen molar-refractivity contribution in [1.29, 1.82) is 0 Å². The van der Waals surface area contributed by atoms with Crippen LogP contribution in [0.15, 0.2) is 72.9 Å². The van der Waals surface area contributed by atoms with E-state index < -0.39 is 53.3 Å². The second kappa shape index (κ2) is 22.5. The number of primary amides is 1. The maximum atomic E-state index is 14.1. The number of fused-ring (bicyclic) bond motifs is 3. The van der Waals surface area contributed by atoms with Crippen molar-refractivity contribution in [2.24, 2.45) is 11.7 Å². The van der Waals surface area contributed by atoms with E-state index in [2.05, 4.69) is 41.3 Å². The number of alkyl carbamates (subject to hydrolysis) is 1. The van der Waals surface area contributed by atoms with Crippen molar-refractivity contribution >= 4 is 53.5 Å². The number of pyridine rings is 1. The van der Waals surface area contributed by atoms with Crippen LogP contribution in [-0.2, 0) is 30.4 Å². The number of para-hydroxylation sites is 1. The lowest BCUT2D eigenvalue weighted by atomic mass is 9.94. The first-order valence-electron chi connectivity index (χ1n) is 22.5. The lowest BCUT2D eigenvalue weighted by Gasteiger charge is -2.45. The quantitative estimate of drug-likeness (QED) is 0.0452. The summed E-state index contributed by atoms with van der Waals surface area (Å²) in [6, 6.07) is 16.3. The Kier molecular flexibility index (Phi) is 16.6. The van der Waals surface area contributed by atoms with E-state index in [9.17, 15) is 28.8 Å². The summed E-state index contributed by atoms with van der Waals surface area (Å²) in [7, 11) is 1.53. The number of aldehydes is 1. The molecule has 4 aromatic rings. The summed E-state index contributed by atoms with van der Waals surface area (Å²) in [6.45, 7) is 11.3. The van der Waals surface area contributed by atoms with E-state index in [4.69, 9.17) is 29.4 Å². The number of amides is 6. The number of rotatable bonds is 19. The molecule has 0 spiro atoms. The molecule has 0 unspecified atom stereocenters. The number of hydrogen-bond donors (Lipinski definition) is 5. The van der Waals surface area contributed by atoms with Crippen molar-refractivity contribution in [1.82, 2.24) is 31.1 Å². The third kappa shape index (κ3) is 13.6. The Hall–Kier alpha value is -7.55. The molecule has 6 rings (SSSR count). The summed E-state index contributed by atoms with van der Waals surface area (Å²) in [6.07, 6.45) is 1.29. The molecule has 0 aliphatic carbocycles. The van der Waals surface area contributed by atoms with Gasteiger partial charge in [0, 0.05) is 49.2 Å². The van der Waals surface area contributed by atoms with Crippen LogP contribution in [0.3, 0.4) is 0 Å². The molecule has 1 saturated heterocycles. The first kappa shape index (κ1) is 50.9. The van der Waals surface area contributed by atoms with Crippen LogP contribution in [0.5, 0.6) is 11.6 Å². The molecule has 1 fully saturated rings. The van der Waals surface area contributed by atoms with E-state index in [-0.39, 0.29) is 50.7 Å². The molecule has 2 aromatic carbocycles. The normalized spacial score (nSPS) is 17.1. The van der Waals surface area contributed by atoms with Gasteiger partial charge in [-0.1, -0.05) is 38.1 Å². The van der Waals surface area contributed by atoms with Gasteiger partial charge in [0.15, 0.2) is 18.9 Å². The molecule has 0 bridgehead atoms. The van der Waals surface area contributed by atoms with Gasteiger partial charge in [-0.05, 0) is 88.4 Å². The van der Waals surface area contributed by atoms with E-state index in [0.717, 1.165) is 0 Å². The molecule has 368 valence electrons. The smallest absolute Gasteiger partial charge is 0.416 e. The number of carbonyl (C=O) groups excluding carboxylic acids is 6. The highest BCUT2D eigenvalue weighted by Crippen LogP contribution is 2.46. The SMILES string of the molecule is COCOc1ccccc1-c1cc2c(nn1)N(C(=O)OCc1ccc(NC(=O)[C@H](CCCNC(N)=O)NC(=O)[C@@H](NC(=O)OC(C)(C)C)C(C)C)cc1)C[C@]1(C)C[C@@H](Oc3ccc(C=O)cn3)CN21. The summed E-state index contributed by atoms with van der Waals surface area (Å²) in [5.41, 5.74) is 6.99. The topological polar surface area (TPSA) is 268 Å². The second-order valence-electron chi connectivity index (χ2n) is 18.3. The van der Waals surface area contributed by atoms with Gasteiger partial charge in [0.25, 0.3) is 0 Å². The zero-order valence-electron chi connectivity index (χ0n) is 39.8. The zero-order chi connectivity index (χ0) is 49.9. The third-order valence-electron chi connectivity index (χ3n) is 11.2. The highest BCUT2D eigenvalue weighted by Gasteiger charge is 2.51. The lowest BCUT2D eigenvalue weighted by Crippen LogP contribution is -2.56. The Morgan fingerprint density at radius 1 is 0.986 bits per heavy atom. The van der Waals surface area contributed by atoms with Crippen LogP contribution in [0.1, 0.15) is 76.7 Å². The molecule has 69 heavy (non-hydrogen) atoms. The average molecular weight is 953 g/mol. The predicted molar refractivity (Wildman–Crippen MR) is 254 cm³/mol. The van der Waals surface area contributed by atoms with E-state index in [1.54, 1.807) is 77.1 Å². The van der Waals surface area contributed by atoms with E-state index in [1.165, 1.54) is 18.2 Å². The number of urea groups is 1. The average Bonchev–Trinajstić information content (AvgIpc) is 3.65. The molecule has 6 amide bonds. The molecule has 2 aromatic heterocycles. The fraction of sp³-hybridized carbons (Fsp3) is 0.438. The molecule has 6 N–H and O–H groups in total. The molecule has 0 saturated carbocycles. The molecule has 21 heteroatoms. The number of nitrogens with zero attached hydrogens (tertiary/aromatic N) is 5. The van der Waals surface area contributed by atoms with Crippen LogP contribution in [0.25, 0.3) is 11.3 Å². The number of carbonyl (C=O) groups is 6. The number of hydrogen-bond acceptors (Lipinski definition) is 15. The van der Waals surface area contributed by atoms with Crippen LogP contribution in [0, 0.1) is 5.92 Å². The third-order valence-corrected chi connectivity index (χ3v) is 11.2. The molecule has 4 heterocycles. The number of ether oxygens (including phenoxy) is 5. The van der Waals surface area contributed by atoms with Gasteiger partial charge in [0.2, 0.25) is 17.7 Å². The number of nitrogens with two attached hydrogens (primary N) is 1. The van der Waals surface area contributed by atoms with Crippen LogP contribution in [-0.4, -0.2) is 114 Å². The summed E-state index contributed by atoms with van der Waals surface area (Å²) in [4.78, 5) is 84.3. The fourth-order valence-corrected chi connectivity index (χ4v) is 7.95. The number of nitrogens with one attached hydrogen (secondary N) is 4. The van der Waals surface area contributed by atoms with Crippen LogP contribution in [0.4, 0.5) is 31.6 Å². The van der Waals surface area contributed by atoms with Crippen molar-refractivity contribution in [3.63, 3.8) is 0 Å². The molecule has 4 atom stereocenters. The monoisotopic (exact) mass is 952 g/mol. The molecular weight excluding hydrogens is 893 g/mol. The van der Waals surface area contributed by atoms with Gasteiger partial charge < -0.3 is 55.6 Å². The maximum absolute atomic E-state index is 14.1. The fourth-order valence-electron chi connectivity index (χ4n) is 7.95. The van der Waals surface area contributed by atoms with Crippen LogP contribution >= 0.6 is 0 Å². The molecule has 2 aliphatic rings. The van der Waals surface area contributed by atoms with Crippen molar-refractivity contribution in [2.75, 3.05) is 48.7 Å². The van der Waals surface area contributed by atoms with Gasteiger partial charge >= 0.3 is 18.2 Å². The molecular formula is C48H60N10O11. The summed E-state index contributed by atoms with van der Waals surface area (Å²) in [5, 5.41) is 19.7. The number of aromatic nitrogens is 3. The van der Waals surface area contributed by atoms with Crippen LogP contribution < -0.4 is 46.3 Å². The summed E-state index contributed by atoms with van der Waals surface area (Å²) < 4.78 is 28.5. The van der Waals surface area contributed by atoms with E-state index in [0.29, 0.717) is 71.1 Å². The highest BCUT2D eigenvalue weighted by atomic mass is 16.7. The molecule has 2 aliphatic heterocycles. The number of methoxy groups -OCH3 is 1. The van der Waals surface area contributed by atoms with Crippen molar-refractivity contribution in [3.05, 3.63) is 84.1 Å². The Bertz CT molecular complexity index is 2470. The Balaban J connectivity index is 1.16. The predicted octanol–water partition coefficient (Wildman–Crippen LogP) is 5.33. The van der Waals surface area contributed by atoms with E-state index >= 15 is 0 Å². The minimum Gasteiger partial charge on any atom is -0.472 e. The number of anilines is 3. The first-order valence-corrected chi connectivity index (χ1v) is 22.5. The van der Waals surface area contributed by atoms with Crippen molar-refractivity contribution in [2.45, 2.75) is 96.7 Å². The number of benzene rings is 2. The first-order chi connectivity index (χ1) is 32.9. The van der Waals surface area contributed by atoms with E-state index in [1.807, 2.05) is 31.2 Å². The minimum absolute atomic E-state index is 0.0212. The minimum atomic E-state index is -1.06. The largest absolute Gasteiger partial charge is 0.472 e. The van der Waals surface area contributed by atoms with Crippen molar-refractivity contribution in [3.8, 4) is 22.9 Å². The Labute approximate surface area is 400 Å². The van der Waals surface area contributed by atoms with Gasteiger partial charge in [-0.2, -0.15) is 0 Å². The molecule has 21 nitrogen and oxygen atoms in total. The van der Waals surface area contributed by atoms with Gasteiger partial charge in [-0.25, -0.2) is 19.4 Å². The highest BCUT2D eigenvalue weighted by molar-refractivity contribution is 5.98. The zero-order valence-corrected chi connectivity index (χ0v) is 39.8. The Morgan fingerprint density at radius 3 is 2.41 bits per heavy atom. The van der Waals surface area contributed by atoms with Gasteiger partial charge in [-0.3, -0.25) is 19.3 Å². The lowest BCUT2D eigenvalue weighted by molar-refractivity contribution is -0.128. The van der Waals surface area contributed by atoms with Crippen LogP contribution in [0.2, 0.25) is 0 Å². The summed E-state index contributed by atoms with van der Waals surface area (Å²) >= 11 is 0. The second-order valence-corrected chi connectivity index (χ2v) is 18.3. The summed E-state index contributed by atoms with van der Waals surface area (Å²) in [5.74, 6) is -0.318. The standard InChI is InChI=1S/C48H60N10O11/c1-29(2)40(54-45(63)69-47(3,4)5)43(61)53-35(12-10-20-50-44(49)62)42(60)52-32-17-14-30(15-18-32)26-66-46(64)57-27-48(6)22-33(68-39-19-16-31(25-59)23-51-39)24-58(48)37-21-36(55-56-41(37)57)34-11-8-9-13-38(34)67-28-65-7/h8-9,11,13-19,21,23,25,29,33,35,40H,10,12,20,22,24,26-28H2,1-7H3,(H,52,60)(H,53,61)(H,54,63)(H3,49,50,62)/t33-,35+,40+,48+/m1/s1. The van der Waals surface area contributed by atoms with Gasteiger partial charge in [-0.15, -0.1) is 10.2 Å². The maximum Gasteiger partial charge on any atom is 0.416 e. The van der Waals surface area contributed by atoms with Gasteiger partial charge in [0.1, 0.15) is 36.1 Å². The van der Waals surface area contributed by atoms with Gasteiger partial charge in [0.05, 0.1) is 30.0 Å². The Morgan fingerprint density at radius 2 is 1.74 bits per heavy atom. The van der Waals surface area contributed by atoms with Crippen molar-refractivity contribution < 1.29 is 52.5 Å².